The van der Waals surface area contributed by atoms with E-state index in [0.717, 1.165) is 37.2 Å². The van der Waals surface area contributed by atoms with Crippen LogP contribution in [0.1, 0.15) is 5.56 Å². The van der Waals surface area contributed by atoms with Crippen LogP contribution in [0.4, 0.5) is 0 Å². The second-order valence-electron chi connectivity index (χ2n) is 4.76. The predicted octanol–water partition coefficient (Wildman–Crippen LogP) is 5.37. The average molecular weight is 322 g/mol. The number of fused-ring (bicyclic) bond motifs is 4. The number of hydrogen-bond donors (Lipinski definition) is 0. The molecular weight excluding hydrogens is 314 g/mol. The zero-order chi connectivity index (χ0) is 13.7. The van der Waals surface area contributed by atoms with Crippen LogP contribution in [0.3, 0.4) is 0 Å². The van der Waals surface area contributed by atoms with Crippen LogP contribution in [0.15, 0.2) is 57.4 Å². The van der Waals surface area contributed by atoms with Gasteiger partial charge in [0, 0.05) is 15.2 Å². The summed E-state index contributed by atoms with van der Waals surface area (Å²) < 4.78 is 6.92. The Bertz CT molecular complexity index is 1020. The second kappa shape index (κ2) is 4.09. The molecule has 0 aliphatic rings. The number of benzene rings is 3. The third-order valence-electron chi connectivity index (χ3n) is 3.52. The molecule has 0 fully saturated rings. The molecule has 94 valence electrons. The van der Waals surface area contributed by atoms with Gasteiger partial charge in [0.2, 0.25) is 0 Å². The van der Waals surface area contributed by atoms with Crippen LogP contribution < -0.4 is 0 Å². The van der Waals surface area contributed by atoms with Crippen molar-refractivity contribution < 1.29 is 4.42 Å². The maximum absolute atomic E-state index is 8.98. The highest BCUT2D eigenvalue weighted by Crippen LogP contribution is 2.33. The van der Waals surface area contributed by atoms with Gasteiger partial charge in [0.15, 0.2) is 0 Å². The highest BCUT2D eigenvalue weighted by atomic mass is 79.9. The molecule has 0 atom stereocenters. The zero-order valence-electron chi connectivity index (χ0n) is 10.4. The van der Waals surface area contributed by atoms with Crippen LogP contribution in [-0.2, 0) is 0 Å². The standard InChI is InChI=1S/C17H8BrNO/c18-13-3-4-16-15(8-13)14-6-11-2-1-10(9-19)5-12(11)7-17(14)20-16/h1-8H. The number of halogens is 1. The Morgan fingerprint density at radius 2 is 1.70 bits per heavy atom. The minimum Gasteiger partial charge on any atom is -0.456 e. The van der Waals surface area contributed by atoms with E-state index >= 15 is 0 Å². The van der Waals surface area contributed by atoms with Gasteiger partial charge < -0.3 is 4.42 Å². The molecule has 0 saturated carbocycles. The fourth-order valence-corrected chi connectivity index (χ4v) is 2.92. The minimum atomic E-state index is 0.663. The lowest BCUT2D eigenvalue weighted by Gasteiger charge is -1.98. The van der Waals surface area contributed by atoms with Crippen LogP contribution in [0.25, 0.3) is 32.7 Å². The molecular formula is C17H8BrNO. The van der Waals surface area contributed by atoms with E-state index in [2.05, 4.69) is 34.1 Å². The van der Waals surface area contributed by atoms with Crippen LogP contribution in [0.5, 0.6) is 0 Å². The molecule has 2 nitrogen and oxygen atoms in total. The summed E-state index contributed by atoms with van der Waals surface area (Å²) in [7, 11) is 0. The molecule has 0 saturated heterocycles. The molecule has 1 aromatic heterocycles. The van der Waals surface area contributed by atoms with Gasteiger partial charge in [-0.1, -0.05) is 22.0 Å². The highest BCUT2D eigenvalue weighted by molar-refractivity contribution is 9.10. The van der Waals surface area contributed by atoms with Gasteiger partial charge in [0.1, 0.15) is 11.2 Å². The number of nitriles is 1. The van der Waals surface area contributed by atoms with Crippen molar-refractivity contribution >= 4 is 48.6 Å². The third-order valence-corrected chi connectivity index (χ3v) is 4.01. The molecule has 0 amide bonds. The average Bonchev–Trinajstić information content (AvgIpc) is 2.81. The monoisotopic (exact) mass is 321 g/mol. The number of nitrogens with zero attached hydrogens (tertiary/aromatic N) is 1. The first kappa shape index (κ1) is 11.5. The van der Waals surface area contributed by atoms with E-state index in [9.17, 15) is 0 Å². The van der Waals surface area contributed by atoms with Crippen molar-refractivity contribution in [1.29, 1.82) is 5.26 Å². The summed E-state index contributed by atoms with van der Waals surface area (Å²) in [5.74, 6) is 0. The lowest BCUT2D eigenvalue weighted by Crippen LogP contribution is -1.77. The van der Waals surface area contributed by atoms with Gasteiger partial charge in [0.05, 0.1) is 11.6 Å². The van der Waals surface area contributed by atoms with Crippen molar-refractivity contribution in [3.05, 3.63) is 58.6 Å². The van der Waals surface area contributed by atoms with Crippen LogP contribution in [-0.4, -0.2) is 0 Å². The van der Waals surface area contributed by atoms with E-state index in [4.69, 9.17) is 9.68 Å². The molecule has 0 aliphatic carbocycles. The normalized spacial score (nSPS) is 11.2. The van der Waals surface area contributed by atoms with Gasteiger partial charge in [-0.15, -0.1) is 0 Å². The maximum atomic E-state index is 8.98. The fraction of sp³-hybridized carbons (Fsp3) is 0. The van der Waals surface area contributed by atoms with Crippen molar-refractivity contribution in [1.82, 2.24) is 0 Å². The lowest BCUT2D eigenvalue weighted by molar-refractivity contribution is 0.669. The summed E-state index contributed by atoms with van der Waals surface area (Å²) in [5, 5.41) is 13.3. The van der Waals surface area contributed by atoms with Gasteiger partial charge >= 0.3 is 0 Å². The fourth-order valence-electron chi connectivity index (χ4n) is 2.56. The zero-order valence-corrected chi connectivity index (χ0v) is 11.9. The molecule has 4 rings (SSSR count). The molecule has 3 aromatic carbocycles. The van der Waals surface area contributed by atoms with Crippen molar-refractivity contribution in [3.63, 3.8) is 0 Å². The van der Waals surface area contributed by atoms with Crippen LogP contribution in [0.2, 0.25) is 0 Å². The molecule has 0 N–H and O–H groups in total. The van der Waals surface area contributed by atoms with Crippen LogP contribution in [0, 0.1) is 11.3 Å². The Hall–Kier alpha value is -2.31. The van der Waals surface area contributed by atoms with Crippen molar-refractivity contribution in [2.24, 2.45) is 0 Å². The molecule has 0 bridgehead atoms. The summed E-state index contributed by atoms with van der Waals surface area (Å²) in [6.45, 7) is 0. The maximum Gasteiger partial charge on any atom is 0.136 e. The van der Waals surface area contributed by atoms with Crippen molar-refractivity contribution in [3.8, 4) is 6.07 Å². The van der Waals surface area contributed by atoms with Gasteiger partial charge in [-0.05, 0) is 53.2 Å². The first-order valence-electron chi connectivity index (χ1n) is 6.20. The first-order chi connectivity index (χ1) is 9.74. The minimum absolute atomic E-state index is 0.663. The van der Waals surface area contributed by atoms with E-state index in [-0.39, 0.29) is 0 Å². The molecule has 4 aromatic rings. The van der Waals surface area contributed by atoms with E-state index in [0.29, 0.717) is 5.56 Å². The van der Waals surface area contributed by atoms with Gasteiger partial charge in [-0.3, -0.25) is 0 Å². The van der Waals surface area contributed by atoms with Crippen molar-refractivity contribution in [2.75, 3.05) is 0 Å². The van der Waals surface area contributed by atoms with Gasteiger partial charge in [0.25, 0.3) is 0 Å². The highest BCUT2D eigenvalue weighted by Gasteiger charge is 2.09. The molecule has 20 heavy (non-hydrogen) atoms. The SMILES string of the molecule is N#Cc1ccc2cc3c(cc2c1)oc1ccc(Br)cc13. The Labute approximate surface area is 123 Å². The largest absolute Gasteiger partial charge is 0.456 e. The summed E-state index contributed by atoms with van der Waals surface area (Å²) in [4.78, 5) is 0. The summed E-state index contributed by atoms with van der Waals surface area (Å²) in [5.41, 5.74) is 2.38. The second-order valence-corrected chi connectivity index (χ2v) is 5.68. The molecule has 3 heteroatoms. The lowest BCUT2D eigenvalue weighted by atomic mass is 10.0. The predicted molar refractivity (Wildman–Crippen MR) is 83.6 cm³/mol. The van der Waals surface area contributed by atoms with Gasteiger partial charge in [-0.25, -0.2) is 0 Å². The topological polar surface area (TPSA) is 36.9 Å². The Morgan fingerprint density at radius 3 is 2.55 bits per heavy atom. The Balaban J connectivity index is 2.16. The Morgan fingerprint density at radius 1 is 0.850 bits per heavy atom. The molecule has 1 heterocycles. The van der Waals surface area contributed by atoms with E-state index in [1.54, 1.807) is 0 Å². The smallest absolute Gasteiger partial charge is 0.136 e. The van der Waals surface area contributed by atoms with E-state index in [1.807, 2.05) is 36.4 Å². The van der Waals surface area contributed by atoms with E-state index in [1.165, 1.54) is 0 Å². The van der Waals surface area contributed by atoms with Crippen LogP contribution >= 0.6 is 15.9 Å². The summed E-state index contributed by atoms with van der Waals surface area (Å²) in [6.07, 6.45) is 0. The number of rotatable bonds is 0. The number of furan rings is 1. The third kappa shape index (κ3) is 1.62. The van der Waals surface area contributed by atoms with Gasteiger partial charge in [-0.2, -0.15) is 5.26 Å². The molecule has 0 aliphatic heterocycles. The summed E-state index contributed by atoms with van der Waals surface area (Å²) in [6, 6.07) is 18.0. The van der Waals surface area contributed by atoms with Crippen molar-refractivity contribution in [2.45, 2.75) is 0 Å². The molecule has 0 spiro atoms. The Kier molecular flexibility index (Phi) is 2.35. The number of hydrogen-bond acceptors (Lipinski definition) is 2. The molecule has 0 unspecified atom stereocenters. The quantitative estimate of drug-likeness (QED) is 0.436. The first-order valence-corrected chi connectivity index (χ1v) is 6.99. The summed E-state index contributed by atoms with van der Waals surface area (Å²) >= 11 is 3.49. The van der Waals surface area contributed by atoms with E-state index < -0.39 is 0 Å². The molecule has 0 radical (unpaired) electrons.